The van der Waals surface area contributed by atoms with Gasteiger partial charge in [-0.1, -0.05) is 12.1 Å². The molecule has 2 rings (SSSR count). The lowest BCUT2D eigenvalue weighted by molar-refractivity contribution is 0.261. The number of likely N-dealkylation sites (tertiary alicyclic amines) is 1. The van der Waals surface area contributed by atoms with Crippen molar-refractivity contribution in [2.75, 3.05) is 25.5 Å². The minimum atomic E-state index is 0.111. The minimum absolute atomic E-state index is 0.111. The second kappa shape index (κ2) is 5.32. The summed E-state index contributed by atoms with van der Waals surface area (Å²) in [4.78, 5) is 2.36. The lowest BCUT2D eigenvalue weighted by Crippen LogP contribution is -2.39. The van der Waals surface area contributed by atoms with Crippen LogP contribution in [-0.4, -0.2) is 36.2 Å². The first-order valence-corrected chi connectivity index (χ1v) is 5.93. The molecule has 16 heavy (non-hydrogen) atoms. The molecule has 1 aromatic carbocycles. The molecule has 1 aliphatic rings. The Morgan fingerprint density at radius 3 is 3.12 bits per heavy atom. The Balaban J connectivity index is 1.97. The summed E-state index contributed by atoms with van der Waals surface area (Å²) in [5, 5.41) is 12.6. The molecule has 2 N–H and O–H groups in total. The molecule has 0 aromatic heterocycles. The fraction of sp³-hybridized carbons (Fsp3) is 0.538. The third kappa shape index (κ3) is 2.97. The van der Waals surface area contributed by atoms with Crippen LogP contribution in [0.15, 0.2) is 24.3 Å². The first kappa shape index (κ1) is 11.4. The van der Waals surface area contributed by atoms with Gasteiger partial charge in [0.05, 0.1) is 6.61 Å². The highest BCUT2D eigenvalue weighted by Gasteiger charge is 2.16. The lowest BCUT2D eigenvalue weighted by atomic mass is 10.1. The Labute approximate surface area is 97.1 Å². The van der Waals surface area contributed by atoms with Crippen LogP contribution >= 0.6 is 0 Å². The van der Waals surface area contributed by atoms with Gasteiger partial charge in [-0.15, -0.1) is 0 Å². The number of anilines is 1. The molecule has 1 saturated heterocycles. The van der Waals surface area contributed by atoms with Crippen LogP contribution in [0.25, 0.3) is 0 Å². The topological polar surface area (TPSA) is 35.5 Å². The van der Waals surface area contributed by atoms with E-state index >= 15 is 0 Å². The molecule has 3 nitrogen and oxygen atoms in total. The van der Waals surface area contributed by atoms with Crippen molar-refractivity contribution in [2.45, 2.75) is 25.5 Å². The van der Waals surface area contributed by atoms with Crippen molar-refractivity contribution in [1.82, 2.24) is 4.90 Å². The summed E-state index contributed by atoms with van der Waals surface area (Å²) in [5.41, 5.74) is 2.08. The molecular weight excluding hydrogens is 200 g/mol. The number of aliphatic hydroxyl groups excluding tert-OH is 1. The summed E-state index contributed by atoms with van der Waals surface area (Å²) in [5.74, 6) is 0. The summed E-state index contributed by atoms with van der Waals surface area (Å²) in [6.45, 7) is 2.41. The molecule has 0 bridgehead atoms. The van der Waals surface area contributed by atoms with Gasteiger partial charge in [0.15, 0.2) is 0 Å². The molecule has 88 valence electrons. The number of rotatable bonds is 3. The number of hydrogen-bond acceptors (Lipinski definition) is 3. The Bertz CT molecular complexity index is 340. The maximum absolute atomic E-state index is 9.07. The van der Waals surface area contributed by atoms with E-state index in [0.717, 1.165) is 17.8 Å². The zero-order valence-corrected chi connectivity index (χ0v) is 9.82. The SMILES string of the molecule is CN1CCCC(Nc2cccc(CO)c2)C1. The molecule has 1 aromatic rings. The van der Waals surface area contributed by atoms with Crippen LogP contribution in [0.5, 0.6) is 0 Å². The zero-order valence-electron chi connectivity index (χ0n) is 9.82. The fourth-order valence-electron chi connectivity index (χ4n) is 2.28. The van der Waals surface area contributed by atoms with Gasteiger partial charge in [0, 0.05) is 18.3 Å². The Hall–Kier alpha value is -1.06. The Morgan fingerprint density at radius 2 is 2.38 bits per heavy atom. The maximum atomic E-state index is 9.07. The Kier molecular flexibility index (Phi) is 3.80. The van der Waals surface area contributed by atoms with Gasteiger partial charge in [0.1, 0.15) is 0 Å². The molecule has 0 radical (unpaired) electrons. The van der Waals surface area contributed by atoms with Crippen LogP contribution in [0.1, 0.15) is 18.4 Å². The summed E-state index contributed by atoms with van der Waals surface area (Å²) >= 11 is 0. The van der Waals surface area contributed by atoms with Gasteiger partial charge < -0.3 is 15.3 Å². The number of nitrogens with one attached hydrogen (secondary N) is 1. The highest BCUT2D eigenvalue weighted by molar-refractivity contribution is 5.46. The number of hydrogen-bond donors (Lipinski definition) is 2. The highest BCUT2D eigenvalue weighted by atomic mass is 16.3. The van der Waals surface area contributed by atoms with E-state index in [0.29, 0.717) is 6.04 Å². The smallest absolute Gasteiger partial charge is 0.0682 e. The standard InChI is InChI=1S/C13H20N2O/c1-15-7-3-6-13(9-15)14-12-5-2-4-11(8-12)10-16/h2,4-5,8,13-14,16H,3,6-7,9-10H2,1H3. The van der Waals surface area contributed by atoms with E-state index in [1.165, 1.54) is 19.4 Å². The maximum Gasteiger partial charge on any atom is 0.0682 e. The zero-order chi connectivity index (χ0) is 11.4. The first-order valence-electron chi connectivity index (χ1n) is 5.93. The lowest BCUT2D eigenvalue weighted by Gasteiger charge is -2.31. The van der Waals surface area contributed by atoms with Gasteiger partial charge in [-0.25, -0.2) is 0 Å². The van der Waals surface area contributed by atoms with E-state index in [1.54, 1.807) is 0 Å². The van der Waals surface area contributed by atoms with Crippen molar-refractivity contribution in [3.8, 4) is 0 Å². The molecule has 0 spiro atoms. The second-order valence-electron chi connectivity index (χ2n) is 4.60. The van der Waals surface area contributed by atoms with Crippen molar-refractivity contribution in [3.63, 3.8) is 0 Å². The molecule has 0 aliphatic carbocycles. The van der Waals surface area contributed by atoms with Crippen LogP contribution in [-0.2, 0) is 6.61 Å². The van der Waals surface area contributed by atoms with Crippen molar-refractivity contribution >= 4 is 5.69 Å². The van der Waals surface area contributed by atoms with E-state index in [1.807, 2.05) is 18.2 Å². The van der Waals surface area contributed by atoms with Gasteiger partial charge in [0.25, 0.3) is 0 Å². The van der Waals surface area contributed by atoms with Crippen LogP contribution in [0, 0.1) is 0 Å². The summed E-state index contributed by atoms with van der Waals surface area (Å²) in [6, 6.07) is 8.55. The predicted octanol–water partition coefficient (Wildman–Crippen LogP) is 1.68. The molecular formula is C13H20N2O. The van der Waals surface area contributed by atoms with Crippen LogP contribution < -0.4 is 5.32 Å². The number of likely N-dealkylation sites (N-methyl/N-ethyl adjacent to an activating group) is 1. The van der Waals surface area contributed by atoms with Crippen molar-refractivity contribution in [2.24, 2.45) is 0 Å². The van der Waals surface area contributed by atoms with Gasteiger partial charge in [-0.2, -0.15) is 0 Å². The van der Waals surface area contributed by atoms with E-state index in [9.17, 15) is 0 Å². The van der Waals surface area contributed by atoms with Crippen LogP contribution in [0.2, 0.25) is 0 Å². The van der Waals surface area contributed by atoms with Gasteiger partial charge in [-0.3, -0.25) is 0 Å². The normalized spacial score (nSPS) is 22.0. The van der Waals surface area contributed by atoms with E-state index in [2.05, 4.69) is 23.3 Å². The molecule has 1 fully saturated rings. The van der Waals surface area contributed by atoms with Gasteiger partial charge in [-0.05, 0) is 44.1 Å². The minimum Gasteiger partial charge on any atom is -0.392 e. The van der Waals surface area contributed by atoms with Gasteiger partial charge in [0.2, 0.25) is 0 Å². The van der Waals surface area contributed by atoms with E-state index < -0.39 is 0 Å². The highest BCUT2D eigenvalue weighted by Crippen LogP contribution is 2.16. The average Bonchev–Trinajstić information content (AvgIpc) is 2.29. The molecule has 1 heterocycles. The van der Waals surface area contributed by atoms with Crippen molar-refractivity contribution in [1.29, 1.82) is 0 Å². The summed E-state index contributed by atoms with van der Waals surface area (Å²) in [7, 11) is 2.16. The second-order valence-corrected chi connectivity index (χ2v) is 4.60. The van der Waals surface area contributed by atoms with Gasteiger partial charge >= 0.3 is 0 Å². The number of aliphatic hydroxyl groups is 1. The summed E-state index contributed by atoms with van der Waals surface area (Å²) < 4.78 is 0. The van der Waals surface area contributed by atoms with Crippen LogP contribution in [0.3, 0.4) is 0 Å². The summed E-state index contributed by atoms with van der Waals surface area (Å²) in [6.07, 6.45) is 2.49. The molecule has 0 amide bonds. The molecule has 3 heteroatoms. The quantitative estimate of drug-likeness (QED) is 0.813. The van der Waals surface area contributed by atoms with Crippen molar-refractivity contribution in [3.05, 3.63) is 29.8 Å². The third-order valence-electron chi connectivity index (χ3n) is 3.10. The number of piperidine rings is 1. The molecule has 0 saturated carbocycles. The average molecular weight is 220 g/mol. The third-order valence-corrected chi connectivity index (χ3v) is 3.10. The largest absolute Gasteiger partial charge is 0.392 e. The van der Waals surface area contributed by atoms with E-state index in [4.69, 9.17) is 5.11 Å². The van der Waals surface area contributed by atoms with E-state index in [-0.39, 0.29) is 6.61 Å². The molecule has 1 aliphatic heterocycles. The molecule has 1 unspecified atom stereocenters. The fourth-order valence-corrected chi connectivity index (χ4v) is 2.28. The molecule has 1 atom stereocenters. The predicted molar refractivity (Wildman–Crippen MR) is 66.5 cm³/mol. The van der Waals surface area contributed by atoms with Crippen molar-refractivity contribution < 1.29 is 5.11 Å². The monoisotopic (exact) mass is 220 g/mol. The Morgan fingerprint density at radius 1 is 1.50 bits per heavy atom. The first-order chi connectivity index (χ1) is 7.78. The number of benzene rings is 1. The van der Waals surface area contributed by atoms with Crippen LogP contribution in [0.4, 0.5) is 5.69 Å². The number of nitrogens with zero attached hydrogens (tertiary/aromatic N) is 1.